The number of phenolic OH excluding ortho intramolecular Hbond substituents is 1. The molecule has 0 aromatic heterocycles. The first kappa shape index (κ1) is 37.6. The molecule has 0 bridgehead atoms. The van der Waals surface area contributed by atoms with E-state index in [-0.39, 0.29) is 36.9 Å². The summed E-state index contributed by atoms with van der Waals surface area (Å²) < 4.78 is 13.0. The van der Waals surface area contributed by atoms with Crippen LogP contribution in [0.25, 0.3) is 11.1 Å². The molecule has 4 atom stereocenters. The van der Waals surface area contributed by atoms with E-state index in [9.17, 15) is 24.9 Å². The maximum atomic E-state index is 12.3. The van der Waals surface area contributed by atoms with Crippen LogP contribution in [0.15, 0.2) is 97.1 Å². The molecule has 1 aliphatic heterocycles. The van der Waals surface area contributed by atoms with Crippen LogP contribution in [-0.4, -0.2) is 63.5 Å². The Morgan fingerprint density at radius 3 is 2.25 bits per heavy atom. The Hall–Kier alpha value is -4.62. The molecular weight excluding hydrogens is 650 g/mol. The fraction of sp³-hybridized carbons (Fsp3) is 0.350. The van der Waals surface area contributed by atoms with Crippen molar-refractivity contribution in [1.82, 2.24) is 15.7 Å². The number of aromatic hydroxyl groups is 1. The quantitative estimate of drug-likeness (QED) is 0.0509. The smallest absolute Gasteiger partial charge is 0.243 e. The standard InChI is InChI=1S/C40H47N3O8/c1-43(25-36(46)33-8-5-9-34(45)21-33)24-35-22-37(30-14-12-27(26-44)13-15-30)51-40(50-35)31-18-16-29(17-19-31)32-7-4-6-28(20-32)23-41-38(47)10-2-3-11-39(48)42-49/h4-9,12-21,35-37,40,44-46,49H,2-3,10-11,22-26H2,1H3,(H,41,47)(H,42,48). The Morgan fingerprint density at radius 1 is 0.843 bits per heavy atom. The van der Waals surface area contributed by atoms with Crippen LogP contribution in [-0.2, 0) is 32.2 Å². The van der Waals surface area contributed by atoms with E-state index in [0.29, 0.717) is 50.9 Å². The lowest BCUT2D eigenvalue weighted by Crippen LogP contribution is -2.39. The number of phenols is 1. The van der Waals surface area contributed by atoms with Crippen molar-refractivity contribution in [2.24, 2.45) is 0 Å². The molecule has 4 aromatic carbocycles. The monoisotopic (exact) mass is 697 g/mol. The topological polar surface area (TPSA) is 161 Å². The molecule has 0 aliphatic carbocycles. The van der Waals surface area contributed by atoms with E-state index in [4.69, 9.17) is 14.7 Å². The summed E-state index contributed by atoms with van der Waals surface area (Å²) in [7, 11) is 1.93. The Labute approximate surface area is 298 Å². The maximum absolute atomic E-state index is 12.3. The number of nitrogens with zero attached hydrogens (tertiary/aromatic N) is 1. The molecule has 6 N–H and O–H groups in total. The number of aliphatic hydroxyl groups excluding tert-OH is 2. The van der Waals surface area contributed by atoms with Gasteiger partial charge in [0.2, 0.25) is 11.8 Å². The molecule has 11 nitrogen and oxygen atoms in total. The third kappa shape index (κ3) is 11.2. The first-order valence-corrected chi connectivity index (χ1v) is 17.3. The number of hydrogen-bond donors (Lipinski definition) is 6. The van der Waals surface area contributed by atoms with E-state index in [1.165, 1.54) is 0 Å². The summed E-state index contributed by atoms with van der Waals surface area (Å²) >= 11 is 0. The zero-order valence-corrected chi connectivity index (χ0v) is 28.8. The van der Waals surface area contributed by atoms with E-state index in [1.807, 2.05) is 84.7 Å². The summed E-state index contributed by atoms with van der Waals surface area (Å²) in [6.07, 6.45) is 0.278. The van der Waals surface area contributed by atoms with Gasteiger partial charge in [-0.2, -0.15) is 0 Å². The van der Waals surface area contributed by atoms with E-state index in [0.717, 1.165) is 33.4 Å². The molecule has 0 radical (unpaired) electrons. The van der Waals surface area contributed by atoms with E-state index in [1.54, 1.807) is 29.7 Å². The van der Waals surface area contributed by atoms with Gasteiger partial charge in [0, 0.05) is 44.5 Å². The minimum atomic E-state index is -0.777. The van der Waals surface area contributed by atoms with Gasteiger partial charge in [0.05, 0.1) is 24.9 Å². The number of unbranched alkanes of at least 4 members (excludes halogenated alkanes) is 1. The third-order valence-electron chi connectivity index (χ3n) is 8.99. The number of hydrogen-bond acceptors (Lipinski definition) is 9. The van der Waals surface area contributed by atoms with Gasteiger partial charge in [0.25, 0.3) is 0 Å². The highest BCUT2D eigenvalue weighted by atomic mass is 16.7. The molecule has 1 heterocycles. The van der Waals surface area contributed by atoms with Gasteiger partial charge in [-0.3, -0.25) is 14.8 Å². The second kappa shape index (κ2) is 18.6. The highest BCUT2D eigenvalue weighted by Gasteiger charge is 2.33. The van der Waals surface area contributed by atoms with Gasteiger partial charge in [0.1, 0.15) is 5.75 Å². The predicted octanol–water partition coefficient (Wildman–Crippen LogP) is 5.44. The molecular formula is C40H47N3O8. The van der Waals surface area contributed by atoms with Crippen LogP contribution in [0.2, 0.25) is 0 Å². The third-order valence-corrected chi connectivity index (χ3v) is 8.99. The Bertz CT molecular complexity index is 1720. The summed E-state index contributed by atoms with van der Waals surface area (Å²) in [5.74, 6) is -0.443. The fourth-order valence-corrected chi connectivity index (χ4v) is 6.20. The van der Waals surface area contributed by atoms with Gasteiger partial charge in [-0.15, -0.1) is 0 Å². The number of carbonyl (C=O) groups excluding carboxylic acids is 2. The number of likely N-dealkylation sites (N-methyl/N-ethyl adjacent to an activating group) is 1. The fourth-order valence-electron chi connectivity index (χ4n) is 6.20. The molecule has 4 unspecified atom stereocenters. The van der Waals surface area contributed by atoms with Crippen molar-refractivity contribution in [3.05, 3.63) is 125 Å². The van der Waals surface area contributed by atoms with Crippen LogP contribution in [0.4, 0.5) is 0 Å². The van der Waals surface area contributed by atoms with Crippen LogP contribution in [0.1, 0.15) is 78.4 Å². The highest BCUT2D eigenvalue weighted by Crippen LogP contribution is 2.39. The molecule has 11 heteroatoms. The largest absolute Gasteiger partial charge is 0.508 e. The van der Waals surface area contributed by atoms with Crippen molar-refractivity contribution >= 4 is 11.8 Å². The zero-order chi connectivity index (χ0) is 36.2. The van der Waals surface area contributed by atoms with Crippen LogP contribution < -0.4 is 10.8 Å². The minimum Gasteiger partial charge on any atom is -0.508 e. The molecule has 4 aromatic rings. The number of nitrogens with one attached hydrogen (secondary N) is 2. The summed E-state index contributed by atoms with van der Waals surface area (Å²) in [6.45, 7) is 1.25. The van der Waals surface area contributed by atoms with Crippen LogP contribution in [0, 0.1) is 0 Å². The normalized spacial score (nSPS) is 17.9. The summed E-state index contributed by atoms with van der Waals surface area (Å²) in [5.41, 5.74) is 7.87. The Kier molecular flexibility index (Phi) is 13.7. The molecule has 270 valence electrons. The number of hydroxylamine groups is 1. The highest BCUT2D eigenvalue weighted by molar-refractivity contribution is 5.76. The van der Waals surface area contributed by atoms with Crippen molar-refractivity contribution < 1.29 is 39.6 Å². The molecule has 0 saturated carbocycles. The second-order valence-electron chi connectivity index (χ2n) is 13.0. The van der Waals surface area contributed by atoms with Crippen LogP contribution >= 0.6 is 0 Å². The van der Waals surface area contributed by atoms with Gasteiger partial charge in [-0.25, -0.2) is 5.48 Å². The molecule has 5 rings (SSSR count). The van der Waals surface area contributed by atoms with Crippen LogP contribution in [0.5, 0.6) is 5.75 Å². The molecule has 1 aliphatic rings. The van der Waals surface area contributed by atoms with Gasteiger partial charge < -0.3 is 35.0 Å². The molecule has 0 spiro atoms. The molecule has 1 fully saturated rings. The molecule has 51 heavy (non-hydrogen) atoms. The van der Waals surface area contributed by atoms with Crippen molar-refractivity contribution in [3.8, 4) is 16.9 Å². The summed E-state index contributed by atoms with van der Waals surface area (Å²) in [5, 5.41) is 41.7. The summed E-state index contributed by atoms with van der Waals surface area (Å²) in [6, 6.07) is 30.4. The Morgan fingerprint density at radius 2 is 1.55 bits per heavy atom. The number of rotatable bonds is 16. The molecule has 1 saturated heterocycles. The zero-order valence-electron chi connectivity index (χ0n) is 28.8. The summed E-state index contributed by atoms with van der Waals surface area (Å²) in [4.78, 5) is 25.4. The van der Waals surface area contributed by atoms with Crippen LogP contribution in [0.3, 0.4) is 0 Å². The first-order chi connectivity index (χ1) is 24.7. The van der Waals surface area contributed by atoms with Crippen molar-refractivity contribution in [3.63, 3.8) is 0 Å². The van der Waals surface area contributed by atoms with Gasteiger partial charge in [-0.1, -0.05) is 78.9 Å². The SMILES string of the molecule is CN(CC1CC(c2ccc(CO)cc2)OC(c2ccc(-c3cccc(CNC(=O)CCCCC(=O)NO)c3)cc2)O1)CC(O)c1cccc(O)c1. The number of benzene rings is 4. The lowest BCUT2D eigenvalue weighted by atomic mass is 9.98. The average Bonchev–Trinajstić information content (AvgIpc) is 3.15. The van der Waals surface area contributed by atoms with E-state index >= 15 is 0 Å². The number of carbonyl (C=O) groups is 2. The first-order valence-electron chi connectivity index (χ1n) is 17.3. The lowest BCUT2D eigenvalue weighted by Gasteiger charge is -2.38. The minimum absolute atomic E-state index is 0.0363. The van der Waals surface area contributed by atoms with Gasteiger partial charge in [-0.05, 0) is 71.5 Å². The van der Waals surface area contributed by atoms with E-state index in [2.05, 4.69) is 5.32 Å². The average molecular weight is 698 g/mol. The number of ether oxygens (including phenoxy) is 2. The maximum Gasteiger partial charge on any atom is 0.243 e. The molecule has 2 amide bonds. The predicted molar refractivity (Wildman–Crippen MR) is 191 cm³/mol. The van der Waals surface area contributed by atoms with Gasteiger partial charge >= 0.3 is 0 Å². The van der Waals surface area contributed by atoms with Gasteiger partial charge in [0.15, 0.2) is 6.29 Å². The van der Waals surface area contributed by atoms with Crippen molar-refractivity contribution in [1.29, 1.82) is 0 Å². The lowest BCUT2D eigenvalue weighted by molar-refractivity contribution is -0.252. The van der Waals surface area contributed by atoms with Crippen molar-refractivity contribution in [2.45, 2.75) is 69.9 Å². The Balaban J connectivity index is 1.23. The second-order valence-corrected chi connectivity index (χ2v) is 13.0. The van der Waals surface area contributed by atoms with E-state index < -0.39 is 18.3 Å². The number of amides is 2. The number of aliphatic hydroxyl groups is 2. The van der Waals surface area contributed by atoms with Crippen molar-refractivity contribution in [2.75, 3.05) is 20.1 Å².